The molecule has 0 aliphatic rings. The van der Waals surface area contributed by atoms with Gasteiger partial charge in [-0.1, -0.05) is 6.07 Å². The summed E-state index contributed by atoms with van der Waals surface area (Å²) in [6, 6.07) is 7.57. The molecule has 2 rings (SSSR count). The van der Waals surface area contributed by atoms with E-state index in [1.54, 1.807) is 18.4 Å². The Bertz CT molecular complexity index is 543. The second-order valence-corrected chi connectivity index (χ2v) is 6.35. The predicted molar refractivity (Wildman–Crippen MR) is 79.7 cm³/mol. The Balaban J connectivity index is 2.53. The van der Waals surface area contributed by atoms with Crippen molar-refractivity contribution >= 4 is 44.6 Å². The Morgan fingerprint density at radius 2 is 2.06 bits per heavy atom. The number of nitrogens with one attached hydrogen (secondary N) is 1. The first kappa shape index (κ1) is 14.1. The minimum Gasteiger partial charge on any atom is -0.381 e. The van der Waals surface area contributed by atoms with Crippen LogP contribution in [0.15, 0.2) is 29.6 Å². The number of hydrogen-bond acceptors (Lipinski definition) is 3. The minimum atomic E-state index is -1.31. The van der Waals surface area contributed by atoms with Gasteiger partial charge in [-0.25, -0.2) is 0 Å². The average Bonchev–Trinajstić information content (AvgIpc) is 2.83. The molecule has 0 bridgehead atoms. The predicted octanol–water partition coefficient (Wildman–Crippen LogP) is 3.50. The molecule has 0 saturated heterocycles. The molecule has 1 heterocycles. The molecule has 2 atom stereocenters. The van der Waals surface area contributed by atoms with Crippen molar-refractivity contribution in [1.82, 2.24) is 5.32 Å². The molecule has 2 unspecified atom stereocenters. The summed E-state index contributed by atoms with van der Waals surface area (Å²) < 4.78 is 1.18. The number of hydrogen-bond donors (Lipinski definition) is 2. The van der Waals surface area contributed by atoms with Gasteiger partial charge in [0.05, 0.1) is 0 Å². The highest BCUT2D eigenvalue weighted by Crippen LogP contribution is 2.36. The maximum Gasteiger partial charge on any atom is 0.142 e. The minimum absolute atomic E-state index is 0.256. The van der Waals surface area contributed by atoms with Crippen molar-refractivity contribution in [3.8, 4) is 0 Å². The van der Waals surface area contributed by atoms with E-state index in [0.717, 1.165) is 10.9 Å². The first-order chi connectivity index (χ1) is 8.50. The number of likely N-dealkylation sites (N-methyl/N-ethyl adjacent to an activating group) is 1. The number of aliphatic hydroxyl groups is 1. The first-order valence-corrected chi connectivity index (χ1v) is 7.41. The van der Waals surface area contributed by atoms with Gasteiger partial charge in [0.2, 0.25) is 0 Å². The van der Waals surface area contributed by atoms with E-state index in [1.807, 2.05) is 36.6 Å². The fraction of sp³-hybridized carbons (Fsp3) is 0.385. The summed E-state index contributed by atoms with van der Waals surface area (Å²) in [5, 5.41) is 16.9. The zero-order valence-corrected chi connectivity index (χ0v) is 12.5. The monoisotopic (exact) mass is 303 g/mol. The van der Waals surface area contributed by atoms with Gasteiger partial charge in [-0.3, -0.25) is 0 Å². The van der Waals surface area contributed by atoms with Crippen molar-refractivity contribution in [3.05, 3.63) is 35.2 Å². The van der Waals surface area contributed by atoms with Crippen LogP contribution in [0.2, 0.25) is 0 Å². The molecule has 1 aromatic carbocycles. The van der Waals surface area contributed by atoms with E-state index < -0.39 is 10.4 Å². The third-order valence-electron chi connectivity index (χ3n) is 3.34. The van der Waals surface area contributed by atoms with Gasteiger partial charge in [0, 0.05) is 10.7 Å². The molecule has 0 spiro atoms. The van der Waals surface area contributed by atoms with E-state index in [9.17, 15) is 5.11 Å². The summed E-state index contributed by atoms with van der Waals surface area (Å²) in [6.07, 6.45) is 0. The van der Waals surface area contributed by atoms with Crippen LogP contribution >= 0.6 is 34.5 Å². The van der Waals surface area contributed by atoms with Crippen LogP contribution in [0.3, 0.4) is 0 Å². The van der Waals surface area contributed by atoms with Gasteiger partial charge in [-0.15, -0.1) is 34.5 Å². The zero-order chi connectivity index (χ0) is 13.3. The highest BCUT2D eigenvalue weighted by Gasteiger charge is 2.41. The van der Waals surface area contributed by atoms with E-state index in [2.05, 4.69) is 5.32 Å². The van der Waals surface area contributed by atoms with Gasteiger partial charge < -0.3 is 10.4 Å². The summed E-state index contributed by atoms with van der Waals surface area (Å²) in [7, 11) is 1.77. The normalized spacial score (nSPS) is 17.0. The molecule has 0 aliphatic carbocycles. The molecule has 5 heteroatoms. The van der Waals surface area contributed by atoms with Gasteiger partial charge in [0.1, 0.15) is 10.4 Å². The smallest absolute Gasteiger partial charge is 0.142 e. The van der Waals surface area contributed by atoms with Crippen LogP contribution < -0.4 is 5.32 Å². The van der Waals surface area contributed by atoms with Gasteiger partial charge in [0.15, 0.2) is 0 Å². The molecule has 0 fully saturated rings. The molecule has 2 nitrogen and oxygen atoms in total. The standard InChI is InChI=1S/C13H15Cl2NOS/c1-8(16-2)13(17,12(14)15)10-3-4-11-9(7-10)5-6-18-11/h3-8,12,16-17H,1-2H3. The van der Waals surface area contributed by atoms with E-state index in [4.69, 9.17) is 23.2 Å². The Labute approximate surface area is 121 Å². The second kappa shape index (κ2) is 5.35. The van der Waals surface area contributed by atoms with E-state index in [-0.39, 0.29) is 6.04 Å². The number of fused-ring (bicyclic) bond motifs is 1. The molecular weight excluding hydrogens is 289 g/mol. The van der Waals surface area contributed by atoms with E-state index in [0.29, 0.717) is 0 Å². The van der Waals surface area contributed by atoms with E-state index >= 15 is 0 Å². The highest BCUT2D eigenvalue weighted by molar-refractivity contribution is 7.17. The molecule has 18 heavy (non-hydrogen) atoms. The van der Waals surface area contributed by atoms with Crippen molar-refractivity contribution in [3.63, 3.8) is 0 Å². The van der Waals surface area contributed by atoms with Crippen molar-refractivity contribution in [1.29, 1.82) is 0 Å². The Morgan fingerprint density at radius 1 is 1.33 bits per heavy atom. The maximum absolute atomic E-state index is 10.8. The lowest BCUT2D eigenvalue weighted by molar-refractivity contribution is 0.0184. The van der Waals surface area contributed by atoms with Crippen LogP contribution in [0.5, 0.6) is 0 Å². The zero-order valence-electron chi connectivity index (χ0n) is 10.2. The Kier molecular flexibility index (Phi) is 4.19. The first-order valence-electron chi connectivity index (χ1n) is 5.65. The summed E-state index contributed by atoms with van der Waals surface area (Å²) >= 11 is 13.7. The molecular formula is C13H15Cl2NOS. The highest BCUT2D eigenvalue weighted by atomic mass is 35.5. The van der Waals surface area contributed by atoms with Gasteiger partial charge in [-0.05, 0) is 48.5 Å². The summed E-state index contributed by atoms with van der Waals surface area (Å²) in [6.45, 7) is 1.86. The van der Waals surface area contributed by atoms with Gasteiger partial charge in [-0.2, -0.15) is 0 Å². The number of benzene rings is 1. The van der Waals surface area contributed by atoms with Crippen molar-refractivity contribution in [2.45, 2.75) is 23.4 Å². The number of rotatable bonds is 4. The molecule has 0 saturated carbocycles. The average molecular weight is 304 g/mol. The van der Waals surface area contributed by atoms with Gasteiger partial charge >= 0.3 is 0 Å². The second-order valence-electron chi connectivity index (χ2n) is 4.31. The molecule has 2 N–H and O–H groups in total. The molecule has 0 amide bonds. The fourth-order valence-corrected chi connectivity index (χ4v) is 3.40. The quantitative estimate of drug-likeness (QED) is 0.847. The van der Waals surface area contributed by atoms with Crippen LogP contribution in [0.4, 0.5) is 0 Å². The SMILES string of the molecule is CNC(C)C(O)(c1ccc2sccc2c1)C(Cl)Cl. The third kappa shape index (κ3) is 2.26. The fourth-order valence-electron chi connectivity index (χ4n) is 2.00. The van der Waals surface area contributed by atoms with E-state index in [1.165, 1.54) is 4.70 Å². The maximum atomic E-state index is 10.8. The largest absolute Gasteiger partial charge is 0.381 e. The lowest BCUT2D eigenvalue weighted by Gasteiger charge is -2.35. The molecule has 1 aromatic heterocycles. The number of alkyl halides is 2. The molecule has 2 aromatic rings. The van der Waals surface area contributed by atoms with Crippen LogP contribution in [-0.2, 0) is 5.60 Å². The Hall–Kier alpha value is -0.320. The molecule has 0 radical (unpaired) electrons. The number of thiophene rings is 1. The summed E-state index contributed by atoms with van der Waals surface area (Å²) in [4.78, 5) is -0.906. The summed E-state index contributed by atoms with van der Waals surface area (Å²) in [5.41, 5.74) is -0.584. The third-order valence-corrected chi connectivity index (χ3v) is 4.90. The van der Waals surface area contributed by atoms with Crippen molar-refractivity contribution in [2.75, 3.05) is 7.05 Å². The Morgan fingerprint density at radius 3 is 2.67 bits per heavy atom. The topological polar surface area (TPSA) is 32.3 Å². The number of halogens is 2. The lowest BCUT2D eigenvalue weighted by Crippen LogP contribution is -2.49. The van der Waals surface area contributed by atoms with Crippen LogP contribution in [0.1, 0.15) is 12.5 Å². The molecule has 98 valence electrons. The van der Waals surface area contributed by atoms with Gasteiger partial charge in [0.25, 0.3) is 0 Å². The summed E-state index contributed by atoms with van der Waals surface area (Å²) in [5.74, 6) is 0. The molecule has 0 aliphatic heterocycles. The van der Waals surface area contributed by atoms with Crippen molar-refractivity contribution < 1.29 is 5.11 Å². The van der Waals surface area contributed by atoms with Crippen LogP contribution in [0.25, 0.3) is 10.1 Å². The van der Waals surface area contributed by atoms with Crippen molar-refractivity contribution in [2.24, 2.45) is 0 Å². The van der Waals surface area contributed by atoms with Crippen LogP contribution in [0, 0.1) is 0 Å². The van der Waals surface area contributed by atoms with Crippen LogP contribution in [-0.4, -0.2) is 23.0 Å². The lowest BCUT2D eigenvalue weighted by atomic mass is 9.88.